The highest BCUT2D eigenvalue weighted by atomic mass is 16.2. The third-order valence-electron chi connectivity index (χ3n) is 4.86. The minimum atomic E-state index is -0.269. The Labute approximate surface area is 142 Å². The zero-order valence-corrected chi connectivity index (χ0v) is 15.6. The van der Waals surface area contributed by atoms with Crippen LogP contribution >= 0.6 is 0 Å². The summed E-state index contributed by atoms with van der Waals surface area (Å²) < 4.78 is 0. The van der Waals surface area contributed by atoms with E-state index in [2.05, 4.69) is 19.2 Å². The number of rotatable bonds is 10. The predicted molar refractivity (Wildman–Crippen MR) is 95.1 cm³/mol. The van der Waals surface area contributed by atoms with Gasteiger partial charge < -0.3 is 10.2 Å². The van der Waals surface area contributed by atoms with Gasteiger partial charge in [0.05, 0.1) is 0 Å². The molecule has 4 nitrogen and oxygen atoms in total. The average molecular weight is 325 g/mol. The van der Waals surface area contributed by atoms with Crippen LogP contribution in [0.15, 0.2) is 0 Å². The second kappa shape index (κ2) is 9.94. The van der Waals surface area contributed by atoms with E-state index in [9.17, 15) is 9.59 Å². The summed E-state index contributed by atoms with van der Waals surface area (Å²) >= 11 is 0. The molecule has 23 heavy (non-hydrogen) atoms. The second-order valence-corrected chi connectivity index (χ2v) is 7.83. The van der Waals surface area contributed by atoms with E-state index in [4.69, 9.17) is 0 Å². The van der Waals surface area contributed by atoms with Gasteiger partial charge in [-0.3, -0.25) is 9.59 Å². The molecule has 0 aromatic rings. The molecule has 1 N–H and O–H groups in total. The minimum absolute atomic E-state index is 0.0826. The largest absolute Gasteiger partial charge is 0.356 e. The normalized spacial score (nSPS) is 16.4. The maximum atomic E-state index is 12.3. The first-order valence-electron chi connectivity index (χ1n) is 9.42. The highest BCUT2D eigenvalue weighted by molar-refractivity contribution is 5.80. The van der Waals surface area contributed by atoms with Crippen molar-refractivity contribution in [1.82, 2.24) is 10.2 Å². The van der Waals surface area contributed by atoms with Crippen LogP contribution in [0.25, 0.3) is 0 Å². The van der Waals surface area contributed by atoms with Crippen molar-refractivity contribution in [2.24, 2.45) is 11.3 Å². The first-order valence-corrected chi connectivity index (χ1v) is 9.42. The van der Waals surface area contributed by atoms with Gasteiger partial charge >= 0.3 is 0 Å². The van der Waals surface area contributed by atoms with Crippen LogP contribution in [0.4, 0.5) is 0 Å². The van der Waals surface area contributed by atoms with Crippen molar-refractivity contribution in [3.63, 3.8) is 0 Å². The molecule has 1 rings (SSSR count). The molecule has 0 aromatic heterocycles. The molecule has 0 aromatic carbocycles. The molecule has 1 atom stereocenters. The van der Waals surface area contributed by atoms with Gasteiger partial charge in [0, 0.05) is 32.5 Å². The summed E-state index contributed by atoms with van der Waals surface area (Å²) in [5, 5.41) is 3.08. The van der Waals surface area contributed by atoms with Crippen LogP contribution in [0.2, 0.25) is 0 Å². The summed E-state index contributed by atoms with van der Waals surface area (Å²) in [6.07, 6.45) is 7.84. The van der Waals surface area contributed by atoms with Crippen molar-refractivity contribution < 1.29 is 9.59 Å². The maximum Gasteiger partial charge on any atom is 0.223 e. The number of carbonyl (C=O) groups excluding carboxylic acids is 2. The van der Waals surface area contributed by atoms with Crippen LogP contribution in [0.5, 0.6) is 0 Å². The number of nitrogens with zero attached hydrogens (tertiary/aromatic N) is 1. The van der Waals surface area contributed by atoms with E-state index in [1.54, 1.807) is 0 Å². The molecular formula is C19H36N2O2. The van der Waals surface area contributed by atoms with Crippen molar-refractivity contribution in [2.75, 3.05) is 19.6 Å². The third kappa shape index (κ3) is 7.85. The van der Waals surface area contributed by atoms with Crippen LogP contribution in [0.1, 0.15) is 79.1 Å². The molecular weight excluding hydrogens is 288 g/mol. The molecule has 134 valence electrons. The van der Waals surface area contributed by atoms with Crippen molar-refractivity contribution in [3.8, 4) is 0 Å². The third-order valence-corrected chi connectivity index (χ3v) is 4.86. The van der Waals surface area contributed by atoms with Gasteiger partial charge in [-0.15, -0.1) is 0 Å². The lowest BCUT2D eigenvalue weighted by Crippen LogP contribution is -2.36. The van der Waals surface area contributed by atoms with Gasteiger partial charge in [0.2, 0.25) is 11.8 Å². The molecule has 0 bridgehead atoms. The molecule has 1 aliphatic rings. The summed E-state index contributed by atoms with van der Waals surface area (Å²) in [5.41, 5.74) is -0.269. The lowest BCUT2D eigenvalue weighted by atomic mass is 9.84. The Kier molecular flexibility index (Phi) is 8.64. The van der Waals surface area contributed by atoms with Gasteiger partial charge in [0.25, 0.3) is 0 Å². The maximum absolute atomic E-state index is 12.3. The van der Waals surface area contributed by atoms with E-state index in [-0.39, 0.29) is 17.2 Å². The number of amides is 2. The molecule has 1 saturated heterocycles. The van der Waals surface area contributed by atoms with Crippen molar-refractivity contribution >= 4 is 11.8 Å². The molecule has 4 heteroatoms. The quantitative estimate of drug-likeness (QED) is 0.665. The number of hydrogen-bond acceptors (Lipinski definition) is 2. The Bertz CT molecular complexity index is 374. The highest BCUT2D eigenvalue weighted by Gasteiger charge is 2.28. The van der Waals surface area contributed by atoms with Gasteiger partial charge in [-0.05, 0) is 30.6 Å². The lowest BCUT2D eigenvalue weighted by Gasteiger charge is -2.26. The van der Waals surface area contributed by atoms with Crippen molar-refractivity contribution in [2.45, 2.75) is 79.1 Å². The van der Waals surface area contributed by atoms with E-state index in [0.29, 0.717) is 18.8 Å². The fourth-order valence-electron chi connectivity index (χ4n) is 3.25. The Balaban J connectivity index is 2.34. The van der Waals surface area contributed by atoms with Crippen molar-refractivity contribution in [3.05, 3.63) is 0 Å². The van der Waals surface area contributed by atoms with Crippen LogP contribution in [-0.2, 0) is 9.59 Å². The standard InChI is InChI=1S/C19H36N2O2/c1-5-7-10-16(6-2)15-20-17(22)13-19(3,4)14-18(23)21-11-8-9-12-21/h16H,5-15H2,1-4H3,(H,20,22)/t16-/m0/s1. The van der Waals surface area contributed by atoms with Gasteiger partial charge in [-0.25, -0.2) is 0 Å². The first-order chi connectivity index (χ1) is 10.9. The Hall–Kier alpha value is -1.06. The highest BCUT2D eigenvalue weighted by Crippen LogP contribution is 2.27. The molecule has 0 aliphatic carbocycles. The number of nitrogens with one attached hydrogen (secondary N) is 1. The molecule has 1 aliphatic heterocycles. The smallest absolute Gasteiger partial charge is 0.223 e. The molecule has 2 amide bonds. The number of carbonyl (C=O) groups is 2. The predicted octanol–water partition coefficient (Wildman–Crippen LogP) is 3.75. The van der Waals surface area contributed by atoms with Crippen LogP contribution in [-0.4, -0.2) is 36.3 Å². The van der Waals surface area contributed by atoms with Crippen LogP contribution in [0, 0.1) is 11.3 Å². The zero-order chi connectivity index (χ0) is 17.3. The SMILES string of the molecule is CCCC[C@H](CC)CNC(=O)CC(C)(C)CC(=O)N1CCCC1. The molecule has 0 saturated carbocycles. The summed E-state index contributed by atoms with van der Waals surface area (Å²) in [7, 11) is 0. The van der Waals surface area contributed by atoms with E-state index in [0.717, 1.165) is 38.9 Å². The monoisotopic (exact) mass is 324 g/mol. The number of likely N-dealkylation sites (tertiary alicyclic amines) is 1. The molecule has 1 heterocycles. The fourth-order valence-corrected chi connectivity index (χ4v) is 3.25. The van der Waals surface area contributed by atoms with Crippen LogP contribution in [0.3, 0.4) is 0 Å². The lowest BCUT2D eigenvalue weighted by molar-refractivity contribution is -0.133. The molecule has 0 unspecified atom stereocenters. The van der Waals surface area contributed by atoms with E-state index in [1.807, 2.05) is 18.7 Å². The summed E-state index contributed by atoms with van der Waals surface area (Å²) in [6, 6.07) is 0. The molecule has 1 fully saturated rings. The van der Waals surface area contributed by atoms with Gasteiger partial charge in [-0.2, -0.15) is 0 Å². The molecule has 0 spiro atoms. The summed E-state index contributed by atoms with van der Waals surface area (Å²) in [4.78, 5) is 26.4. The Morgan fingerprint density at radius 2 is 1.78 bits per heavy atom. The van der Waals surface area contributed by atoms with Crippen molar-refractivity contribution in [1.29, 1.82) is 0 Å². The Morgan fingerprint density at radius 1 is 1.13 bits per heavy atom. The minimum Gasteiger partial charge on any atom is -0.356 e. The fraction of sp³-hybridized carbons (Fsp3) is 0.895. The van der Waals surface area contributed by atoms with Crippen LogP contribution < -0.4 is 5.32 Å². The topological polar surface area (TPSA) is 49.4 Å². The van der Waals surface area contributed by atoms with E-state index < -0.39 is 0 Å². The zero-order valence-electron chi connectivity index (χ0n) is 15.6. The first kappa shape index (κ1) is 20.0. The number of unbranched alkanes of at least 4 members (excludes halogenated alkanes) is 1. The van der Waals surface area contributed by atoms with Gasteiger partial charge in [0.15, 0.2) is 0 Å². The van der Waals surface area contributed by atoms with Gasteiger partial charge in [-0.1, -0.05) is 47.0 Å². The van der Waals surface area contributed by atoms with E-state index >= 15 is 0 Å². The summed E-state index contributed by atoms with van der Waals surface area (Å²) in [5.74, 6) is 0.863. The summed E-state index contributed by atoms with van der Waals surface area (Å²) in [6.45, 7) is 11.0. The molecule has 0 radical (unpaired) electrons. The Morgan fingerprint density at radius 3 is 2.35 bits per heavy atom. The number of hydrogen-bond donors (Lipinski definition) is 1. The average Bonchev–Trinajstić information content (AvgIpc) is 3.00. The van der Waals surface area contributed by atoms with E-state index in [1.165, 1.54) is 19.3 Å². The second-order valence-electron chi connectivity index (χ2n) is 7.83. The van der Waals surface area contributed by atoms with Gasteiger partial charge in [0.1, 0.15) is 0 Å².